The van der Waals surface area contributed by atoms with Crippen molar-refractivity contribution in [3.8, 4) is 5.75 Å². The highest BCUT2D eigenvalue weighted by Crippen LogP contribution is 2.31. The van der Waals surface area contributed by atoms with Crippen molar-refractivity contribution in [1.29, 1.82) is 0 Å². The highest BCUT2D eigenvalue weighted by molar-refractivity contribution is 9.10. The Bertz CT molecular complexity index is 644. The van der Waals surface area contributed by atoms with E-state index in [1.54, 1.807) is 18.2 Å². The fraction of sp³-hybridized carbons (Fsp3) is 0.133. The Morgan fingerprint density at radius 2 is 1.76 bits per heavy atom. The molecule has 0 aliphatic rings. The van der Waals surface area contributed by atoms with Gasteiger partial charge in [0, 0.05) is 20.2 Å². The molecule has 0 saturated carbocycles. The summed E-state index contributed by atoms with van der Waals surface area (Å²) in [6.07, 6.45) is 0. The number of rotatable bonds is 5. The molecule has 21 heavy (non-hydrogen) atoms. The van der Waals surface area contributed by atoms with Gasteiger partial charge in [-0.25, -0.2) is 4.79 Å². The number of nitrogens with one attached hydrogen (secondary N) is 1. The third kappa shape index (κ3) is 3.98. The zero-order chi connectivity index (χ0) is 15.4. The summed E-state index contributed by atoms with van der Waals surface area (Å²) in [4.78, 5) is 11.6. The van der Waals surface area contributed by atoms with E-state index in [2.05, 4.69) is 37.2 Å². The minimum atomic E-state index is -0.977. The van der Waals surface area contributed by atoms with Gasteiger partial charge >= 0.3 is 5.97 Å². The molecule has 0 aromatic heterocycles. The van der Waals surface area contributed by atoms with E-state index in [0.717, 1.165) is 8.95 Å². The molecule has 2 aromatic rings. The van der Waals surface area contributed by atoms with Gasteiger partial charge < -0.3 is 15.2 Å². The highest BCUT2D eigenvalue weighted by atomic mass is 79.9. The van der Waals surface area contributed by atoms with Crippen molar-refractivity contribution in [1.82, 2.24) is 0 Å². The van der Waals surface area contributed by atoms with Crippen LogP contribution in [-0.4, -0.2) is 18.2 Å². The minimum absolute atomic E-state index is 0.523. The number of carboxylic acid groups (broad SMARTS) is 1. The number of carbonyl (C=O) groups is 1. The second-order valence-electron chi connectivity index (χ2n) is 4.31. The summed E-state index contributed by atoms with van der Waals surface area (Å²) in [5, 5.41) is 12.5. The van der Waals surface area contributed by atoms with Gasteiger partial charge in [0.1, 0.15) is 5.75 Å². The van der Waals surface area contributed by atoms with Crippen LogP contribution in [0.2, 0.25) is 0 Å². The molecule has 2 N–H and O–H groups in total. The van der Waals surface area contributed by atoms with Crippen LogP contribution in [0.5, 0.6) is 5.75 Å². The predicted octanol–water partition coefficient (Wildman–Crippen LogP) is 4.46. The standard InChI is InChI=1S/C15H13Br2NO3/c1-21-13-7-4-10(17)8-12(13)14(15(19)20)18-11-5-2-9(16)3-6-11/h2-8,14,18H,1H3,(H,19,20). The van der Waals surface area contributed by atoms with Crippen LogP contribution in [0.1, 0.15) is 11.6 Å². The number of carboxylic acids is 1. The van der Waals surface area contributed by atoms with Gasteiger partial charge in [0.25, 0.3) is 0 Å². The zero-order valence-electron chi connectivity index (χ0n) is 11.1. The van der Waals surface area contributed by atoms with Gasteiger partial charge in [0.2, 0.25) is 0 Å². The Kier molecular flexibility index (Phi) is 5.25. The monoisotopic (exact) mass is 413 g/mol. The third-order valence-electron chi connectivity index (χ3n) is 2.90. The van der Waals surface area contributed by atoms with Gasteiger partial charge in [0.15, 0.2) is 6.04 Å². The van der Waals surface area contributed by atoms with Crippen LogP contribution in [0.4, 0.5) is 5.69 Å². The van der Waals surface area contributed by atoms with E-state index in [1.165, 1.54) is 7.11 Å². The van der Waals surface area contributed by atoms with E-state index in [9.17, 15) is 9.90 Å². The summed E-state index contributed by atoms with van der Waals surface area (Å²) in [6.45, 7) is 0. The Balaban J connectivity index is 2.37. The number of methoxy groups -OCH3 is 1. The first kappa shape index (κ1) is 15.9. The summed E-state index contributed by atoms with van der Waals surface area (Å²) < 4.78 is 6.98. The second-order valence-corrected chi connectivity index (χ2v) is 6.14. The molecule has 0 radical (unpaired) electrons. The summed E-state index contributed by atoms with van der Waals surface area (Å²) in [7, 11) is 1.52. The Labute approximate surface area is 139 Å². The summed E-state index contributed by atoms with van der Waals surface area (Å²) >= 11 is 6.70. The first-order chi connectivity index (χ1) is 10.0. The number of ether oxygens (including phenoxy) is 1. The van der Waals surface area contributed by atoms with E-state index < -0.39 is 12.0 Å². The largest absolute Gasteiger partial charge is 0.496 e. The van der Waals surface area contributed by atoms with E-state index in [0.29, 0.717) is 17.0 Å². The Hall–Kier alpha value is -1.53. The van der Waals surface area contributed by atoms with Crippen molar-refractivity contribution in [2.45, 2.75) is 6.04 Å². The SMILES string of the molecule is COc1ccc(Br)cc1C(Nc1ccc(Br)cc1)C(=O)O. The number of aliphatic carboxylic acids is 1. The molecule has 1 atom stereocenters. The van der Waals surface area contributed by atoms with E-state index >= 15 is 0 Å². The molecule has 0 aliphatic carbocycles. The fourth-order valence-electron chi connectivity index (χ4n) is 1.92. The number of hydrogen-bond donors (Lipinski definition) is 2. The van der Waals surface area contributed by atoms with E-state index in [-0.39, 0.29) is 0 Å². The minimum Gasteiger partial charge on any atom is -0.496 e. The molecule has 0 aliphatic heterocycles. The number of anilines is 1. The molecule has 4 nitrogen and oxygen atoms in total. The molecule has 2 aromatic carbocycles. The van der Waals surface area contributed by atoms with Crippen LogP contribution in [0, 0.1) is 0 Å². The second kappa shape index (κ2) is 6.95. The average molecular weight is 415 g/mol. The molecule has 1 unspecified atom stereocenters. The maximum absolute atomic E-state index is 11.6. The smallest absolute Gasteiger partial charge is 0.330 e. The van der Waals surface area contributed by atoms with Crippen LogP contribution in [0.15, 0.2) is 51.4 Å². The number of halogens is 2. The molecule has 2 rings (SSSR count). The molecule has 0 saturated heterocycles. The Morgan fingerprint density at radius 1 is 1.14 bits per heavy atom. The zero-order valence-corrected chi connectivity index (χ0v) is 14.3. The lowest BCUT2D eigenvalue weighted by molar-refractivity contribution is -0.138. The maximum Gasteiger partial charge on any atom is 0.330 e. The molecule has 0 heterocycles. The first-order valence-corrected chi connectivity index (χ1v) is 7.68. The molecular formula is C15H13Br2NO3. The molecule has 0 amide bonds. The molecule has 110 valence electrons. The highest BCUT2D eigenvalue weighted by Gasteiger charge is 2.23. The van der Waals surface area contributed by atoms with Crippen LogP contribution in [0.25, 0.3) is 0 Å². The first-order valence-electron chi connectivity index (χ1n) is 6.09. The van der Waals surface area contributed by atoms with Crippen LogP contribution in [-0.2, 0) is 4.79 Å². The molecule has 6 heteroatoms. The van der Waals surface area contributed by atoms with Crippen molar-refractivity contribution in [2.75, 3.05) is 12.4 Å². The van der Waals surface area contributed by atoms with E-state index in [1.807, 2.05) is 24.3 Å². The van der Waals surface area contributed by atoms with Crippen LogP contribution in [0.3, 0.4) is 0 Å². The van der Waals surface area contributed by atoms with Gasteiger partial charge in [-0.15, -0.1) is 0 Å². The van der Waals surface area contributed by atoms with Crippen molar-refractivity contribution in [3.05, 3.63) is 57.0 Å². The van der Waals surface area contributed by atoms with Gasteiger partial charge in [-0.2, -0.15) is 0 Å². The van der Waals surface area contributed by atoms with Crippen LogP contribution >= 0.6 is 31.9 Å². The van der Waals surface area contributed by atoms with Crippen LogP contribution < -0.4 is 10.1 Å². The Morgan fingerprint density at radius 3 is 2.33 bits per heavy atom. The topological polar surface area (TPSA) is 58.6 Å². The maximum atomic E-state index is 11.6. The normalized spacial score (nSPS) is 11.8. The van der Waals surface area contributed by atoms with Crippen molar-refractivity contribution < 1.29 is 14.6 Å². The molecule has 0 bridgehead atoms. The van der Waals surface area contributed by atoms with Crippen molar-refractivity contribution in [3.63, 3.8) is 0 Å². The summed E-state index contributed by atoms with van der Waals surface area (Å²) in [5.74, 6) is -0.454. The van der Waals surface area contributed by atoms with Gasteiger partial charge in [0.05, 0.1) is 7.11 Å². The summed E-state index contributed by atoms with van der Waals surface area (Å²) in [5.41, 5.74) is 1.27. The summed E-state index contributed by atoms with van der Waals surface area (Å²) in [6, 6.07) is 11.7. The van der Waals surface area contributed by atoms with Gasteiger partial charge in [-0.1, -0.05) is 31.9 Å². The van der Waals surface area contributed by atoms with Crippen molar-refractivity contribution >= 4 is 43.5 Å². The van der Waals surface area contributed by atoms with E-state index in [4.69, 9.17) is 4.74 Å². The lowest BCUT2D eigenvalue weighted by Gasteiger charge is -2.19. The number of benzene rings is 2. The van der Waals surface area contributed by atoms with Gasteiger partial charge in [-0.3, -0.25) is 0 Å². The predicted molar refractivity (Wildman–Crippen MR) is 88.8 cm³/mol. The number of hydrogen-bond acceptors (Lipinski definition) is 3. The average Bonchev–Trinajstić information content (AvgIpc) is 2.46. The lowest BCUT2D eigenvalue weighted by Crippen LogP contribution is -2.21. The quantitative estimate of drug-likeness (QED) is 0.758. The van der Waals surface area contributed by atoms with Crippen molar-refractivity contribution in [2.24, 2.45) is 0 Å². The molecule has 0 fully saturated rings. The molecule has 0 spiro atoms. The molecular weight excluding hydrogens is 402 g/mol. The fourth-order valence-corrected chi connectivity index (χ4v) is 2.56. The van der Waals surface area contributed by atoms with Gasteiger partial charge in [-0.05, 0) is 42.5 Å². The third-order valence-corrected chi connectivity index (χ3v) is 3.93. The lowest BCUT2D eigenvalue weighted by atomic mass is 10.1.